The standard InChI is InChI=1S/C16H14Cl2N6O3/c1-8-13(19-16(25)14-12(18)15(21-20-14)24(26)27)9(2)23(22-8)7-10-4-3-5-11(17)6-10/h3-6H,7H2,1-2H3,(H,19,25)(H,20,21). The topological polar surface area (TPSA) is 119 Å². The number of carbonyl (C=O) groups is 1. The van der Waals surface area contributed by atoms with Crippen LogP contribution in [0.2, 0.25) is 10.0 Å². The monoisotopic (exact) mass is 408 g/mol. The Balaban J connectivity index is 1.84. The molecule has 0 saturated carbocycles. The minimum Gasteiger partial charge on any atom is -0.358 e. The van der Waals surface area contributed by atoms with Crippen molar-refractivity contribution in [2.75, 3.05) is 5.32 Å². The maximum absolute atomic E-state index is 12.4. The fourth-order valence-corrected chi connectivity index (χ4v) is 3.06. The molecule has 1 amide bonds. The van der Waals surface area contributed by atoms with E-state index in [0.717, 1.165) is 5.56 Å². The maximum atomic E-state index is 12.4. The summed E-state index contributed by atoms with van der Waals surface area (Å²) in [7, 11) is 0. The first-order valence-electron chi connectivity index (χ1n) is 7.76. The van der Waals surface area contributed by atoms with Gasteiger partial charge in [0.2, 0.25) is 0 Å². The summed E-state index contributed by atoms with van der Waals surface area (Å²) in [6, 6.07) is 7.38. The molecule has 1 aromatic carbocycles. The van der Waals surface area contributed by atoms with Crippen LogP contribution in [0.5, 0.6) is 0 Å². The summed E-state index contributed by atoms with van der Waals surface area (Å²) in [6.07, 6.45) is 0. The van der Waals surface area contributed by atoms with Gasteiger partial charge in [0, 0.05) is 5.02 Å². The first-order valence-corrected chi connectivity index (χ1v) is 8.51. The highest BCUT2D eigenvalue weighted by Gasteiger charge is 2.26. The number of H-pyrrole nitrogens is 1. The van der Waals surface area contributed by atoms with Crippen LogP contribution in [-0.2, 0) is 6.54 Å². The molecule has 11 heteroatoms. The molecule has 0 aliphatic carbocycles. The van der Waals surface area contributed by atoms with Gasteiger partial charge >= 0.3 is 5.82 Å². The second kappa shape index (κ2) is 7.37. The number of benzene rings is 1. The van der Waals surface area contributed by atoms with E-state index >= 15 is 0 Å². The molecule has 27 heavy (non-hydrogen) atoms. The van der Waals surface area contributed by atoms with E-state index in [0.29, 0.717) is 28.6 Å². The molecule has 2 heterocycles. The number of amides is 1. The van der Waals surface area contributed by atoms with E-state index in [1.807, 2.05) is 18.2 Å². The summed E-state index contributed by atoms with van der Waals surface area (Å²) in [5.74, 6) is -1.20. The number of aromatic nitrogens is 4. The SMILES string of the molecule is Cc1nn(Cc2cccc(Cl)c2)c(C)c1NC(=O)c1n[nH]c([N+](=O)[O-])c1Cl. The normalized spacial score (nSPS) is 10.8. The Hall–Kier alpha value is -2.91. The Morgan fingerprint density at radius 1 is 1.37 bits per heavy atom. The average Bonchev–Trinajstić information content (AvgIpc) is 3.10. The van der Waals surface area contributed by atoms with Gasteiger partial charge in [-0.3, -0.25) is 9.48 Å². The van der Waals surface area contributed by atoms with Crippen LogP contribution < -0.4 is 5.32 Å². The van der Waals surface area contributed by atoms with Crippen LogP contribution in [0.15, 0.2) is 24.3 Å². The molecule has 0 fully saturated rings. The predicted octanol–water partition coefficient (Wildman–Crippen LogP) is 3.74. The van der Waals surface area contributed by atoms with Crippen LogP contribution in [0.25, 0.3) is 0 Å². The van der Waals surface area contributed by atoms with Gasteiger partial charge in [0.1, 0.15) is 0 Å². The summed E-state index contributed by atoms with van der Waals surface area (Å²) < 4.78 is 1.73. The van der Waals surface area contributed by atoms with Gasteiger partial charge in [0.25, 0.3) is 5.91 Å². The number of carbonyl (C=O) groups excluding carboxylic acids is 1. The van der Waals surface area contributed by atoms with Gasteiger partial charge in [-0.2, -0.15) is 5.10 Å². The average molecular weight is 409 g/mol. The van der Waals surface area contributed by atoms with Crippen LogP contribution in [0.3, 0.4) is 0 Å². The lowest BCUT2D eigenvalue weighted by Crippen LogP contribution is -2.14. The molecule has 3 rings (SSSR count). The van der Waals surface area contributed by atoms with Crippen LogP contribution in [0.1, 0.15) is 27.4 Å². The summed E-state index contributed by atoms with van der Waals surface area (Å²) in [5, 5.41) is 24.0. The second-order valence-electron chi connectivity index (χ2n) is 5.78. The third-order valence-electron chi connectivity index (χ3n) is 3.93. The van der Waals surface area contributed by atoms with Crippen molar-refractivity contribution in [3.05, 3.63) is 67.1 Å². The smallest absolute Gasteiger partial charge is 0.358 e. The molecule has 2 N–H and O–H groups in total. The summed E-state index contributed by atoms with van der Waals surface area (Å²) in [6.45, 7) is 4.01. The number of aryl methyl sites for hydroxylation is 1. The summed E-state index contributed by atoms with van der Waals surface area (Å²) in [4.78, 5) is 22.5. The van der Waals surface area contributed by atoms with Gasteiger partial charge < -0.3 is 15.4 Å². The summed E-state index contributed by atoms with van der Waals surface area (Å²) in [5.41, 5.74) is 2.48. The number of hydrogen-bond donors (Lipinski definition) is 2. The van der Waals surface area contributed by atoms with Gasteiger partial charge in [-0.15, -0.1) is 5.10 Å². The number of hydrogen-bond acceptors (Lipinski definition) is 5. The second-order valence-corrected chi connectivity index (χ2v) is 6.59. The highest BCUT2D eigenvalue weighted by Crippen LogP contribution is 2.27. The number of aromatic amines is 1. The van der Waals surface area contributed by atoms with Crippen molar-refractivity contribution in [1.29, 1.82) is 0 Å². The van der Waals surface area contributed by atoms with Crippen molar-refractivity contribution in [2.45, 2.75) is 20.4 Å². The molecular weight excluding hydrogens is 395 g/mol. The number of anilines is 1. The zero-order chi connectivity index (χ0) is 19.7. The highest BCUT2D eigenvalue weighted by atomic mass is 35.5. The fraction of sp³-hybridized carbons (Fsp3) is 0.188. The molecule has 3 aromatic rings. The molecule has 0 saturated heterocycles. The van der Waals surface area contributed by atoms with Gasteiger partial charge in [-0.25, -0.2) is 0 Å². The lowest BCUT2D eigenvalue weighted by molar-refractivity contribution is -0.389. The number of nitrogens with one attached hydrogen (secondary N) is 2. The van der Waals surface area contributed by atoms with E-state index in [4.69, 9.17) is 23.2 Å². The van der Waals surface area contributed by atoms with Crippen LogP contribution in [0, 0.1) is 24.0 Å². The van der Waals surface area contributed by atoms with Gasteiger partial charge in [0.15, 0.2) is 10.7 Å². The number of halogens is 2. The van der Waals surface area contributed by atoms with Crippen LogP contribution >= 0.6 is 23.2 Å². The Morgan fingerprint density at radius 2 is 2.11 bits per heavy atom. The third-order valence-corrected chi connectivity index (χ3v) is 4.52. The molecule has 0 radical (unpaired) electrons. The Morgan fingerprint density at radius 3 is 2.74 bits per heavy atom. The van der Waals surface area contributed by atoms with E-state index in [-0.39, 0.29) is 10.7 Å². The minimum absolute atomic E-state index is 0.259. The number of rotatable bonds is 5. The Bertz CT molecular complexity index is 1040. The summed E-state index contributed by atoms with van der Waals surface area (Å²) >= 11 is 11.9. The first-order chi connectivity index (χ1) is 12.8. The lowest BCUT2D eigenvalue weighted by Gasteiger charge is -2.07. The number of nitro groups is 1. The highest BCUT2D eigenvalue weighted by molar-refractivity contribution is 6.36. The molecule has 2 aromatic heterocycles. The Kier molecular flexibility index (Phi) is 5.15. The van der Waals surface area contributed by atoms with Crippen molar-refractivity contribution in [3.8, 4) is 0 Å². The van der Waals surface area contributed by atoms with Crippen molar-refractivity contribution in [3.63, 3.8) is 0 Å². The maximum Gasteiger partial charge on any atom is 0.362 e. The predicted molar refractivity (Wildman–Crippen MR) is 100 cm³/mol. The molecule has 0 aliphatic rings. The Labute approximate surface area is 163 Å². The molecule has 0 atom stereocenters. The molecule has 9 nitrogen and oxygen atoms in total. The van der Waals surface area contributed by atoms with E-state index < -0.39 is 16.6 Å². The van der Waals surface area contributed by atoms with Crippen LogP contribution in [0.4, 0.5) is 11.5 Å². The minimum atomic E-state index is -0.744. The van der Waals surface area contributed by atoms with Gasteiger partial charge in [-0.05, 0) is 36.5 Å². The van der Waals surface area contributed by atoms with Crippen molar-refractivity contribution < 1.29 is 9.72 Å². The van der Waals surface area contributed by atoms with E-state index in [1.165, 1.54) is 0 Å². The first kappa shape index (κ1) is 18.9. The van der Waals surface area contributed by atoms with E-state index in [2.05, 4.69) is 20.6 Å². The van der Waals surface area contributed by atoms with Gasteiger partial charge in [0.05, 0.1) is 23.6 Å². The van der Waals surface area contributed by atoms with E-state index in [1.54, 1.807) is 24.6 Å². The molecular formula is C16H14Cl2N6O3. The van der Waals surface area contributed by atoms with Crippen molar-refractivity contribution in [1.82, 2.24) is 20.0 Å². The molecule has 0 unspecified atom stereocenters. The van der Waals surface area contributed by atoms with Crippen molar-refractivity contribution in [2.24, 2.45) is 0 Å². The number of nitrogens with zero attached hydrogens (tertiary/aromatic N) is 4. The van der Waals surface area contributed by atoms with E-state index in [9.17, 15) is 14.9 Å². The fourth-order valence-electron chi connectivity index (χ4n) is 2.60. The third kappa shape index (κ3) is 3.79. The quantitative estimate of drug-likeness (QED) is 0.492. The van der Waals surface area contributed by atoms with Gasteiger partial charge in [-0.1, -0.05) is 40.4 Å². The zero-order valence-corrected chi connectivity index (χ0v) is 15.8. The zero-order valence-electron chi connectivity index (χ0n) is 14.3. The van der Waals surface area contributed by atoms with Crippen LogP contribution in [-0.4, -0.2) is 30.8 Å². The molecule has 0 bridgehead atoms. The molecule has 0 aliphatic heterocycles. The van der Waals surface area contributed by atoms with Crippen molar-refractivity contribution >= 4 is 40.6 Å². The lowest BCUT2D eigenvalue weighted by atomic mass is 10.2. The molecule has 140 valence electrons. The molecule has 0 spiro atoms. The largest absolute Gasteiger partial charge is 0.362 e.